The van der Waals surface area contributed by atoms with Gasteiger partial charge in [-0.1, -0.05) is 0 Å². The number of amides is 1. The Morgan fingerprint density at radius 3 is 2.65 bits per heavy atom. The molecule has 1 aliphatic rings. The Labute approximate surface area is 122 Å². The highest BCUT2D eigenvalue weighted by molar-refractivity contribution is 7.13. The average Bonchev–Trinajstić information content (AvgIpc) is 3.10. The number of likely N-dealkylation sites (tertiary alicyclic amines) is 1. The Bertz CT molecular complexity index is 600. The molecule has 0 atom stereocenters. The van der Waals surface area contributed by atoms with Gasteiger partial charge in [0.1, 0.15) is 5.01 Å². The van der Waals surface area contributed by atoms with E-state index >= 15 is 0 Å². The van der Waals surface area contributed by atoms with Crippen molar-refractivity contribution < 1.29 is 4.79 Å². The number of rotatable bonds is 3. The molecular weight excluding hydrogens is 270 g/mol. The fraction of sp³-hybridized carbons (Fsp3) is 0.333. The summed E-state index contributed by atoms with van der Waals surface area (Å²) in [6.45, 7) is 1.79. The quantitative estimate of drug-likeness (QED) is 0.883. The molecular formula is C15H17N3OS. The summed E-state index contributed by atoms with van der Waals surface area (Å²) in [4.78, 5) is 18.6. The molecule has 0 spiro atoms. The lowest BCUT2D eigenvalue weighted by Gasteiger charge is -2.13. The topological polar surface area (TPSA) is 59.2 Å². The third-order valence-corrected chi connectivity index (χ3v) is 4.44. The number of benzene rings is 1. The Kier molecular flexibility index (Phi) is 3.69. The maximum absolute atomic E-state index is 12.1. The minimum Gasteiger partial charge on any atom is -0.399 e. The first kappa shape index (κ1) is 13.1. The summed E-state index contributed by atoms with van der Waals surface area (Å²) in [6, 6.07) is 7.65. The fourth-order valence-corrected chi connectivity index (χ4v) is 3.21. The van der Waals surface area contributed by atoms with E-state index in [4.69, 9.17) is 5.73 Å². The summed E-state index contributed by atoms with van der Waals surface area (Å²) < 4.78 is 0. The van der Waals surface area contributed by atoms with E-state index in [-0.39, 0.29) is 5.91 Å². The van der Waals surface area contributed by atoms with Crippen molar-refractivity contribution in [3.05, 3.63) is 35.3 Å². The number of anilines is 1. The Balaban J connectivity index is 1.70. The van der Waals surface area contributed by atoms with Gasteiger partial charge in [0.25, 0.3) is 0 Å². The van der Waals surface area contributed by atoms with E-state index < -0.39 is 0 Å². The molecule has 0 bridgehead atoms. The van der Waals surface area contributed by atoms with Gasteiger partial charge in [-0.15, -0.1) is 11.3 Å². The Morgan fingerprint density at radius 1 is 1.25 bits per heavy atom. The van der Waals surface area contributed by atoms with Crippen LogP contribution in [0.2, 0.25) is 0 Å². The second-order valence-corrected chi connectivity index (χ2v) is 5.89. The standard InChI is InChI=1S/C15H17N3OS/c16-12-5-3-11(4-6-12)15-17-13(10-20-15)9-14(19)18-7-1-2-8-18/h3-6,10H,1-2,7-9,16H2. The first-order chi connectivity index (χ1) is 9.72. The lowest BCUT2D eigenvalue weighted by Crippen LogP contribution is -2.29. The summed E-state index contributed by atoms with van der Waals surface area (Å²) in [5, 5.41) is 2.91. The highest BCUT2D eigenvalue weighted by Crippen LogP contribution is 2.25. The number of carbonyl (C=O) groups is 1. The lowest BCUT2D eigenvalue weighted by molar-refractivity contribution is -0.129. The molecule has 1 aliphatic heterocycles. The molecule has 0 unspecified atom stereocenters. The SMILES string of the molecule is Nc1ccc(-c2nc(CC(=O)N3CCCC3)cs2)cc1. The van der Waals surface area contributed by atoms with Crippen LogP contribution in [0.3, 0.4) is 0 Å². The Morgan fingerprint density at radius 2 is 1.95 bits per heavy atom. The molecule has 0 aliphatic carbocycles. The van der Waals surface area contributed by atoms with E-state index in [0.717, 1.165) is 47.9 Å². The molecule has 2 heterocycles. The summed E-state index contributed by atoms with van der Waals surface area (Å²) in [6.07, 6.45) is 2.66. The molecule has 2 N–H and O–H groups in total. The zero-order valence-electron chi connectivity index (χ0n) is 11.2. The van der Waals surface area contributed by atoms with Gasteiger partial charge in [-0.3, -0.25) is 4.79 Å². The van der Waals surface area contributed by atoms with Crippen molar-refractivity contribution >= 4 is 22.9 Å². The maximum Gasteiger partial charge on any atom is 0.228 e. The van der Waals surface area contributed by atoms with Crippen molar-refractivity contribution in [1.82, 2.24) is 9.88 Å². The highest BCUT2D eigenvalue weighted by atomic mass is 32.1. The third-order valence-electron chi connectivity index (χ3n) is 3.50. The van der Waals surface area contributed by atoms with Gasteiger partial charge in [0.05, 0.1) is 12.1 Å². The number of hydrogen-bond donors (Lipinski definition) is 1. The Hall–Kier alpha value is -1.88. The van der Waals surface area contributed by atoms with Crippen LogP contribution in [0.5, 0.6) is 0 Å². The molecule has 1 aromatic carbocycles. The maximum atomic E-state index is 12.1. The first-order valence-corrected chi connectivity index (χ1v) is 7.68. The average molecular weight is 287 g/mol. The molecule has 3 rings (SSSR count). The molecule has 1 aromatic heterocycles. The van der Waals surface area contributed by atoms with Gasteiger partial charge < -0.3 is 10.6 Å². The zero-order chi connectivity index (χ0) is 13.9. The van der Waals surface area contributed by atoms with Gasteiger partial charge in [0, 0.05) is 29.7 Å². The van der Waals surface area contributed by atoms with Crippen molar-refractivity contribution in [2.45, 2.75) is 19.3 Å². The van der Waals surface area contributed by atoms with Crippen molar-refractivity contribution in [2.75, 3.05) is 18.8 Å². The smallest absolute Gasteiger partial charge is 0.228 e. The number of thiazole rings is 1. The minimum absolute atomic E-state index is 0.191. The number of hydrogen-bond acceptors (Lipinski definition) is 4. The van der Waals surface area contributed by atoms with Crippen LogP contribution in [0.1, 0.15) is 18.5 Å². The van der Waals surface area contributed by atoms with Crippen LogP contribution in [0.15, 0.2) is 29.6 Å². The van der Waals surface area contributed by atoms with Crippen LogP contribution < -0.4 is 5.73 Å². The first-order valence-electron chi connectivity index (χ1n) is 6.80. The number of aromatic nitrogens is 1. The van der Waals surface area contributed by atoms with Crippen molar-refractivity contribution in [2.24, 2.45) is 0 Å². The number of nitrogen functional groups attached to an aromatic ring is 1. The van der Waals surface area contributed by atoms with Crippen molar-refractivity contribution in [3.8, 4) is 10.6 Å². The predicted molar refractivity (Wildman–Crippen MR) is 81.5 cm³/mol. The molecule has 1 amide bonds. The van der Waals surface area contributed by atoms with E-state index in [9.17, 15) is 4.79 Å². The highest BCUT2D eigenvalue weighted by Gasteiger charge is 2.19. The van der Waals surface area contributed by atoms with Crippen molar-refractivity contribution in [3.63, 3.8) is 0 Å². The van der Waals surface area contributed by atoms with E-state index in [1.165, 1.54) is 0 Å². The number of carbonyl (C=O) groups excluding carboxylic acids is 1. The summed E-state index contributed by atoms with van der Waals surface area (Å²) in [7, 11) is 0. The molecule has 20 heavy (non-hydrogen) atoms. The van der Waals surface area contributed by atoms with E-state index in [0.29, 0.717) is 6.42 Å². The monoisotopic (exact) mass is 287 g/mol. The zero-order valence-corrected chi connectivity index (χ0v) is 12.0. The number of nitrogens with two attached hydrogens (primary N) is 1. The van der Waals surface area contributed by atoms with Gasteiger partial charge in [-0.2, -0.15) is 0 Å². The normalized spacial score (nSPS) is 14.7. The summed E-state index contributed by atoms with van der Waals surface area (Å²) in [5.74, 6) is 0.191. The second-order valence-electron chi connectivity index (χ2n) is 5.03. The molecule has 0 saturated carbocycles. The molecule has 2 aromatic rings. The van der Waals surface area contributed by atoms with Crippen molar-refractivity contribution in [1.29, 1.82) is 0 Å². The lowest BCUT2D eigenvalue weighted by atomic mass is 10.2. The summed E-state index contributed by atoms with van der Waals surface area (Å²) >= 11 is 1.57. The van der Waals surface area contributed by atoms with Crippen LogP contribution in [0.4, 0.5) is 5.69 Å². The summed E-state index contributed by atoms with van der Waals surface area (Å²) in [5.41, 5.74) is 8.33. The van der Waals surface area contributed by atoms with Gasteiger partial charge in [0.15, 0.2) is 0 Å². The molecule has 1 fully saturated rings. The van der Waals surface area contributed by atoms with Crippen LogP contribution in [0.25, 0.3) is 10.6 Å². The fourth-order valence-electron chi connectivity index (χ4n) is 2.38. The third kappa shape index (κ3) is 2.82. The van der Waals surface area contributed by atoms with Gasteiger partial charge >= 0.3 is 0 Å². The molecule has 1 saturated heterocycles. The van der Waals surface area contributed by atoms with Gasteiger partial charge in [-0.25, -0.2) is 4.98 Å². The molecule has 4 nitrogen and oxygen atoms in total. The second kappa shape index (κ2) is 5.63. The van der Waals surface area contributed by atoms with Crippen LogP contribution in [-0.2, 0) is 11.2 Å². The molecule has 5 heteroatoms. The van der Waals surface area contributed by atoms with Crippen LogP contribution >= 0.6 is 11.3 Å². The minimum atomic E-state index is 0.191. The van der Waals surface area contributed by atoms with Crippen LogP contribution in [-0.4, -0.2) is 28.9 Å². The van der Waals surface area contributed by atoms with Gasteiger partial charge in [0.2, 0.25) is 5.91 Å². The largest absolute Gasteiger partial charge is 0.399 e. The number of nitrogens with zero attached hydrogens (tertiary/aromatic N) is 2. The predicted octanol–water partition coefficient (Wildman–Crippen LogP) is 2.56. The van der Waals surface area contributed by atoms with E-state index in [2.05, 4.69) is 4.98 Å². The molecule has 0 radical (unpaired) electrons. The van der Waals surface area contributed by atoms with E-state index in [1.54, 1.807) is 11.3 Å². The molecule has 104 valence electrons. The van der Waals surface area contributed by atoms with Gasteiger partial charge in [-0.05, 0) is 37.1 Å². The van der Waals surface area contributed by atoms with Crippen LogP contribution in [0, 0.1) is 0 Å². The van der Waals surface area contributed by atoms with E-state index in [1.807, 2.05) is 34.5 Å².